The first-order valence-corrected chi connectivity index (χ1v) is 9.54. The van der Waals surface area contributed by atoms with Crippen molar-refractivity contribution in [2.45, 2.75) is 18.9 Å². The predicted molar refractivity (Wildman–Crippen MR) is 105 cm³/mol. The zero-order valence-corrected chi connectivity index (χ0v) is 15.4. The second kappa shape index (κ2) is 7.30. The van der Waals surface area contributed by atoms with E-state index in [4.69, 9.17) is 4.74 Å². The summed E-state index contributed by atoms with van der Waals surface area (Å²) in [6.07, 6.45) is 5.50. The van der Waals surface area contributed by atoms with Crippen molar-refractivity contribution in [1.29, 1.82) is 0 Å². The predicted octanol–water partition coefficient (Wildman–Crippen LogP) is 4.68. The normalized spacial score (nSPS) is 17.3. The Morgan fingerprint density at radius 2 is 2.04 bits per heavy atom. The quantitative estimate of drug-likeness (QED) is 0.631. The van der Waals surface area contributed by atoms with E-state index in [9.17, 15) is 4.79 Å². The van der Waals surface area contributed by atoms with Crippen LogP contribution in [0.2, 0.25) is 0 Å². The molecule has 26 heavy (non-hydrogen) atoms. The highest BCUT2D eigenvalue weighted by atomic mass is 32.1. The van der Waals surface area contributed by atoms with Gasteiger partial charge in [-0.15, -0.1) is 11.3 Å². The van der Waals surface area contributed by atoms with Gasteiger partial charge in [0.25, 0.3) is 0 Å². The Bertz CT molecular complexity index is 913. The summed E-state index contributed by atoms with van der Waals surface area (Å²) in [5, 5.41) is 0.861. The molecule has 1 saturated heterocycles. The van der Waals surface area contributed by atoms with Crippen molar-refractivity contribution in [1.82, 2.24) is 9.88 Å². The Morgan fingerprint density at radius 1 is 1.23 bits per heavy atom. The Kier molecular flexibility index (Phi) is 4.71. The van der Waals surface area contributed by atoms with Gasteiger partial charge in [0.1, 0.15) is 10.8 Å². The summed E-state index contributed by atoms with van der Waals surface area (Å²) in [4.78, 5) is 19.2. The van der Waals surface area contributed by atoms with Crippen LogP contribution in [0.25, 0.3) is 16.3 Å². The van der Waals surface area contributed by atoms with Gasteiger partial charge < -0.3 is 9.64 Å². The molecular weight excluding hydrogens is 344 g/mol. The van der Waals surface area contributed by atoms with Crippen molar-refractivity contribution in [3.63, 3.8) is 0 Å². The summed E-state index contributed by atoms with van der Waals surface area (Å²) in [5.74, 6) is 0.878. The molecule has 3 aromatic rings. The lowest BCUT2D eigenvalue weighted by molar-refractivity contribution is -0.126. The van der Waals surface area contributed by atoms with Crippen molar-refractivity contribution in [3.05, 3.63) is 65.2 Å². The van der Waals surface area contributed by atoms with Crippen LogP contribution >= 0.6 is 11.3 Å². The number of methoxy groups -OCH3 is 1. The number of hydrogen-bond acceptors (Lipinski definition) is 4. The maximum atomic E-state index is 12.7. The van der Waals surface area contributed by atoms with Gasteiger partial charge in [0.15, 0.2) is 0 Å². The largest absolute Gasteiger partial charge is 0.497 e. The summed E-state index contributed by atoms with van der Waals surface area (Å²) in [6.45, 7) is 0.791. The number of thiazole rings is 1. The third-order valence-electron chi connectivity index (χ3n) is 4.72. The highest BCUT2D eigenvalue weighted by molar-refractivity contribution is 7.19. The van der Waals surface area contributed by atoms with E-state index in [-0.39, 0.29) is 11.9 Å². The number of hydrogen-bond donors (Lipinski definition) is 0. The minimum Gasteiger partial charge on any atom is -0.497 e. The Labute approximate surface area is 156 Å². The standard InChI is InChI=1S/C21H20N2O2S/c1-25-16-10-8-15(9-11-16)18-6-4-14-23(18)21(24)13-12-20-22-17-5-2-3-7-19(17)26-20/h2-3,5,7-13,18H,4,6,14H2,1H3/b13-12+. The van der Waals surface area contributed by atoms with Crippen molar-refractivity contribution in [2.24, 2.45) is 0 Å². The Hall–Kier alpha value is -2.66. The molecule has 1 atom stereocenters. The molecular formula is C21H20N2O2S. The lowest BCUT2D eigenvalue weighted by Gasteiger charge is -2.24. The molecule has 2 aromatic carbocycles. The van der Waals surface area contributed by atoms with E-state index >= 15 is 0 Å². The van der Waals surface area contributed by atoms with Gasteiger partial charge in [0, 0.05) is 12.6 Å². The number of fused-ring (bicyclic) bond motifs is 1. The minimum atomic E-state index is 0.0441. The van der Waals surface area contributed by atoms with E-state index in [2.05, 4.69) is 4.98 Å². The van der Waals surface area contributed by atoms with Crippen molar-refractivity contribution < 1.29 is 9.53 Å². The lowest BCUT2D eigenvalue weighted by atomic mass is 10.0. The fourth-order valence-corrected chi connectivity index (χ4v) is 4.27. The molecule has 1 fully saturated rings. The third-order valence-corrected chi connectivity index (χ3v) is 5.72. The van der Waals surface area contributed by atoms with E-state index in [1.54, 1.807) is 24.5 Å². The summed E-state index contributed by atoms with van der Waals surface area (Å²) in [7, 11) is 1.66. The number of nitrogens with zero attached hydrogens (tertiary/aromatic N) is 2. The highest BCUT2D eigenvalue weighted by Gasteiger charge is 2.28. The number of likely N-dealkylation sites (tertiary alicyclic amines) is 1. The molecule has 1 aliphatic heterocycles. The average Bonchev–Trinajstić information content (AvgIpc) is 3.33. The number of rotatable bonds is 4. The fourth-order valence-electron chi connectivity index (χ4n) is 3.40. The third kappa shape index (κ3) is 3.35. The van der Waals surface area contributed by atoms with Crippen molar-refractivity contribution in [2.75, 3.05) is 13.7 Å². The van der Waals surface area contributed by atoms with Gasteiger partial charge in [-0.1, -0.05) is 24.3 Å². The summed E-state index contributed by atoms with van der Waals surface area (Å²) < 4.78 is 6.36. The zero-order chi connectivity index (χ0) is 17.9. The van der Waals surface area contributed by atoms with Gasteiger partial charge in [-0.2, -0.15) is 0 Å². The van der Waals surface area contributed by atoms with Gasteiger partial charge in [0.2, 0.25) is 5.91 Å². The average molecular weight is 364 g/mol. The maximum Gasteiger partial charge on any atom is 0.247 e. The number of amides is 1. The van der Waals surface area contributed by atoms with Crippen LogP contribution in [0.15, 0.2) is 54.6 Å². The van der Waals surface area contributed by atoms with Crippen LogP contribution in [0.4, 0.5) is 0 Å². The first-order chi connectivity index (χ1) is 12.7. The zero-order valence-electron chi connectivity index (χ0n) is 14.6. The molecule has 4 rings (SSSR count). The highest BCUT2D eigenvalue weighted by Crippen LogP contribution is 2.33. The molecule has 0 saturated carbocycles. The minimum absolute atomic E-state index is 0.0441. The number of benzene rings is 2. The molecule has 0 aliphatic carbocycles. The molecule has 0 N–H and O–H groups in total. The molecule has 1 aliphatic rings. The molecule has 0 radical (unpaired) electrons. The molecule has 132 valence electrons. The summed E-state index contributed by atoms with van der Waals surface area (Å²) in [6, 6.07) is 16.2. The van der Waals surface area contributed by atoms with Crippen molar-refractivity contribution in [3.8, 4) is 5.75 Å². The Morgan fingerprint density at radius 3 is 2.81 bits per heavy atom. The van der Waals surface area contributed by atoms with Crippen molar-refractivity contribution >= 4 is 33.5 Å². The molecule has 0 spiro atoms. The van der Waals surface area contributed by atoms with Crippen LogP contribution in [0.3, 0.4) is 0 Å². The van der Waals surface area contributed by atoms with Crippen LogP contribution < -0.4 is 4.74 Å². The fraction of sp³-hybridized carbons (Fsp3) is 0.238. The lowest BCUT2D eigenvalue weighted by Crippen LogP contribution is -2.28. The number of para-hydroxylation sites is 1. The van der Waals surface area contributed by atoms with Gasteiger partial charge in [-0.05, 0) is 48.7 Å². The summed E-state index contributed by atoms with van der Waals surface area (Å²) >= 11 is 1.60. The maximum absolute atomic E-state index is 12.7. The van der Waals surface area contributed by atoms with Gasteiger partial charge in [-0.3, -0.25) is 4.79 Å². The smallest absolute Gasteiger partial charge is 0.247 e. The molecule has 1 unspecified atom stereocenters. The number of ether oxygens (including phenoxy) is 1. The second-order valence-corrected chi connectivity index (χ2v) is 7.38. The Balaban J connectivity index is 1.50. The SMILES string of the molecule is COc1ccc(C2CCCN2C(=O)/C=C/c2nc3ccccc3s2)cc1. The molecule has 1 amide bonds. The molecule has 1 aromatic heterocycles. The van der Waals surface area contributed by atoms with E-state index in [1.807, 2.05) is 59.5 Å². The van der Waals surface area contributed by atoms with Gasteiger partial charge >= 0.3 is 0 Å². The van der Waals surface area contributed by atoms with E-state index in [0.717, 1.165) is 45.9 Å². The molecule has 4 nitrogen and oxygen atoms in total. The number of carbonyl (C=O) groups excluding carboxylic acids is 1. The van der Waals surface area contributed by atoms with E-state index < -0.39 is 0 Å². The number of aromatic nitrogens is 1. The monoisotopic (exact) mass is 364 g/mol. The van der Waals surface area contributed by atoms with Crippen LogP contribution in [0, 0.1) is 0 Å². The van der Waals surface area contributed by atoms with E-state index in [0.29, 0.717) is 0 Å². The molecule has 5 heteroatoms. The second-order valence-electron chi connectivity index (χ2n) is 6.32. The topological polar surface area (TPSA) is 42.4 Å². The van der Waals surface area contributed by atoms with Gasteiger partial charge in [0.05, 0.1) is 23.4 Å². The summed E-state index contributed by atoms with van der Waals surface area (Å²) in [5.41, 5.74) is 2.13. The molecule has 2 heterocycles. The van der Waals surface area contributed by atoms with Crippen LogP contribution in [0.5, 0.6) is 5.75 Å². The first kappa shape index (κ1) is 16.8. The van der Waals surface area contributed by atoms with Crippen LogP contribution in [0.1, 0.15) is 29.5 Å². The molecule has 0 bridgehead atoms. The van der Waals surface area contributed by atoms with Crippen LogP contribution in [-0.4, -0.2) is 29.4 Å². The first-order valence-electron chi connectivity index (χ1n) is 8.73. The number of carbonyl (C=O) groups is 1. The van der Waals surface area contributed by atoms with E-state index in [1.165, 1.54) is 0 Å². The van der Waals surface area contributed by atoms with Gasteiger partial charge in [-0.25, -0.2) is 4.98 Å². The van der Waals surface area contributed by atoms with Crippen LogP contribution in [-0.2, 0) is 4.79 Å².